The number of pyridine rings is 1. The van der Waals surface area contributed by atoms with Gasteiger partial charge in [0.15, 0.2) is 0 Å². The van der Waals surface area contributed by atoms with Crippen LogP contribution < -0.4 is 10.9 Å². The van der Waals surface area contributed by atoms with Gasteiger partial charge in [-0.2, -0.15) is 0 Å². The van der Waals surface area contributed by atoms with Gasteiger partial charge in [-0.3, -0.25) is 14.4 Å². The van der Waals surface area contributed by atoms with Crippen LogP contribution in [0.2, 0.25) is 0 Å². The van der Waals surface area contributed by atoms with Gasteiger partial charge in [-0.1, -0.05) is 0 Å². The van der Waals surface area contributed by atoms with Crippen molar-refractivity contribution in [2.45, 2.75) is 0 Å². The molecular weight excluding hydrogens is 295 g/mol. The van der Waals surface area contributed by atoms with E-state index in [-0.39, 0.29) is 10.9 Å². The molecule has 0 aliphatic heterocycles. The van der Waals surface area contributed by atoms with Crippen molar-refractivity contribution in [3.63, 3.8) is 0 Å². The molecule has 116 valence electrons. The molecule has 0 aliphatic rings. The molecule has 1 heterocycles. The van der Waals surface area contributed by atoms with Gasteiger partial charge in [0, 0.05) is 12.4 Å². The van der Waals surface area contributed by atoms with Crippen molar-refractivity contribution in [3.05, 3.63) is 39.9 Å². The zero-order valence-electron chi connectivity index (χ0n) is 11.8. The Hall–Kier alpha value is -2.90. The number of aromatic hydroxyl groups is 1. The summed E-state index contributed by atoms with van der Waals surface area (Å²) >= 11 is 0. The van der Waals surface area contributed by atoms with Crippen molar-refractivity contribution in [1.29, 1.82) is 0 Å². The van der Waals surface area contributed by atoms with Crippen LogP contribution in [0.3, 0.4) is 0 Å². The maximum atomic E-state index is 13.3. The third-order valence-electron chi connectivity index (χ3n) is 3.18. The van der Waals surface area contributed by atoms with Gasteiger partial charge in [-0.25, -0.2) is 4.39 Å². The molecule has 0 bridgehead atoms. The van der Waals surface area contributed by atoms with Crippen LogP contribution in [-0.2, 0) is 16.6 Å². The topological polar surface area (TPSA) is 97.6 Å². The van der Waals surface area contributed by atoms with E-state index in [0.717, 1.165) is 23.8 Å². The zero-order chi connectivity index (χ0) is 16.4. The summed E-state index contributed by atoms with van der Waals surface area (Å²) in [4.78, 5) is 35.2. The smallest absolute Gasteiger partial charge is 0.325 e. The average Bonchev–Trinajstić information content (AvgIpc) is 2.50. The highest BCUT2D eigenvalue weighted by Gasteiger charge is 2.21. The van der Waals surface area contributed by atoms with E-state index < -0.39 is 41.1 Å². The fraction of sp³-hybridized carbons (Fsp3) is 0.214. The zero-order valence-corrected chi connectivity index (χ0v) is 11.8. The molecule has 1 amide bonds. The van der Waals surface area contributed by atoms with Gasteiger partial charge in [0.25, 0.3) is 11.5 Å². The van der Waals surface area contributed by atoms with Gasteiger partial charge in [-0.15, -0.1) is 0 Å². The van der Waals surface area contributed by atoms with Crippen LogP contribution in [-0.4, -0.2) is 35.2 Å². The number of fused-ring (bicyclic) bond motifs is 1. The monoisotopic (exact) mass is 308 g/mol. The van der Waals surface area contributed by atoms with Crippen molar-refractivity contribution in [2.75, 3.05) is 13.7 Å². The van der Waals surface area contributed by atoms with E-state index in [0.29, 0.717) is 0 Å². The quantitative estimate of drug-likeness (QED) is 0.794. The standard InChI is InChI=1S/C14H13FN2O5/c1-17-9-5-7(15)3-4-8(9)12(19)11(14(17)21)13(20)16-6-10(18)22-2/h3-5,19H,6H2,1-2H3,(H,16,20). The summed E-state index contributed by atoms with van der Waals surface area (Å²) in [5, 5.41) is 12.4. The number of rotatable bonds is 3. The second-order valence-corrected chi connectivity index (χ2v) is 4.51. The molecule has 1 aromatic heterocycles. The van der Waals surface area contributed by atoms with Crippen LogP contribution in [0.4, 0.5) is 4.39 Å². The van der Waals surface area contributed by atoms with Crippen molar-refractivity contribution >= 4 is 22.8 Å². The number of carbonyl (C=O) groups is 2. The Bertz CT molecular complexity index is 828. The summed E-state index contributed by atoms with van der Waals surface area (Å²) in [7, 11) is 2.50. The van der Waals surface area contributed by atoms with E-state index in [1.165, 1.54) is 13.1 Å². The molecule has 0 unspecified atom stereocenters. The lowest BCUT2D eigenvalue weighted by molar-refractivity contribution is -0.139. The molecule has 2 rings (SSSR count). The first-order valence-corrected chi connectivity index (χ1v) is 6.23. The molecule has 8 heteroatoms. The predicted octanol–water partition coefficient (Wildman–Crippen LogP) is 0.286. The predicted molar refractivity (Wildman–Crippen MR) is 75.2 cm³/mol. The fourth-order valence-corrected chi connectivity index (χ4v) is 2.01. The third kappa shape index (κ3) is 2.62. The summed E-state index contributed by atoms with van der Waals surface area (Å²) in [5.41, 5.74) is -1.18. The average molecular weight is 308 g/mol. The Kier molecular flexibility index (Phi) is 4.11. The minimum Gasteiger partial charge on any atom is -0.506 e. The maximum Gasteiger partial charge on any atom is 0.325 e. The summed E-state index contributed by atoms with van der Waals surface area (Å²) in [6.45, 7) is -0.445. The fourth-order valence-electron chi connectivity index (χ4n) is 2.01. The molecule has 2 N–H and O–H groups in total. The lowest BCUT2D eigenvalue weighted by atomic mass is 10.1. The lowest BCUT2D eigenvalue weighted by Gasteiger charge is -2.11. The Labute approximate surface area is 123 Å². The number of esters is 1. The van der Waals surface area contributed by atoms with Gasteiger partial charge in [0.2, 0.25) is 0 Å². The molecule has 0 spiro atoms. The van der Waals surface area contributed by atoms with E-state index in [9.17, 15) is 23.9 Å². The number of aromatic nitrogens is 1. The molecule has 2 aromatic rings. The molecule has 7 nitrogen and oxygen atoms in total. The minimum atomic E-state index is -0.922. The number of carbonyl (C=O) groups excluding carboxylic acids is 2. The first-order valence-electron chi connectivity index (χ1n) is 6.23. The number of methoxy groups -OCH3 is 1. The second kappa shape index (κ2) is 5.84. The molecule has 22 heavy (non-hydrogen) atoms. The number of halogens is 1. The van der Waals surface area contributed by atoms with Crippen molar-refractivity contribution < 1.29 is 23.8 Å². The third-order valence-corrected chi connectivity index (χ3v) is 3.18. The van der Waals surface area contributed by atoms with Crippen molar-refractivity contribution in [1.82, 2.24) is 9.88 Å². The molecular formula is C14H13FN2O5. The number of hydrogen-bond acceptors (Lipinski definition) is 5. The number of hydrogen-bond donors (Lipinski definition) is 2. The number of ether oxygens (including phenoxy) is 1. The van der Waals surface area contributed by atoms with Gasteiger partial charge in [0.1, 0.15) is 23.7 Å². The summed E-state index contributed by atoms with van der Waals surface area (Å²) in [6.07, 6.45) is 0. The SMILES string of the molecule is COC(=O)CNC(=O)c1c(O)c2ccc(F)cc2n(C)c1=O. The number of nitrogens with one attached hydrogen (secondary N) is 1. The Balaban J connectivity index is 2.55. The van der Waals surface area contributed by atoms with Crippen molar-refractivity contribution in [2.24, 2.45) is 7.05 Å². The minimum absolute atomic E-state index is 0.145. The summed E-state index contributed by atoms with van der Waals surface area (Å²) < 4.78 is 18.7. The van der Waals surface area contributed by atoms with Gasteiger partial charge in [0.05, 0.1) is 12.6 Å². The van der Waals surface area contributed by atoms with Crippen molar-refractivity contribution in [3.8, 4) is 5.75 Å². The lowest BCUT2D eigenvalue weighted by Crippen LogP contribution is -2.35. The molecule has 0 fully saturated rings. The van der Waals surface area contributed by atoms with Crippen LogP contribution in [0.1, 0.15) is 10.4 Å². The van der Waals surface area contributed by atoms with E-state index in [2.05, 4.69) is 10.1 Å². The number of aryl methyl sites for hydroxylation is 1. The second-order valence-electron chi connectivity index (χ2n) is 4.51. The Morgan fingerprint density at radius 2 is 2.09 bits per heavy atom. The van der Waals surface area contributed by atoms with Crippen LogP contribution >= 0.6 is 0 Å². The first kappa shape index (κ1) is 15.5. The van der Waals surface area contributed by atoms with E-state index in [1.54, 1.807) is 0 Å². The molecule has 0 saturated heterocycles. The van der Waals surface area contributed by atoms with Crippen LogP contribution in [0, 0.1) is 5.82 Å². The molecule has 1 aromatic carbocycles. The maximum absolute atomic E-state index is 13.3. The van der Waals surface area contributed by atoms with E-state index >= 15 is 0 Å². The number of benzene rings is 1. The molecule has 0 saturated carbocycles. The molecule has 0 atom stereocenters. The highest BCUT2D eigenvalue weighted by molar-refractivity contribution is 6.03. The molecule has 0 radical (unpaired) electrons. The Morgan fingerprint density at radius 3 is 2.73 bits per heavy atom. The highest BCUT2D eigenvalue weighted by atomic mass is 19.1. The normalized spacial score (nSPS) is 10.5. The number of nitrogens with zero attached hydrogens (tertiary/aromatic N) is 1. The van der Waals surface area contributed by atoms with Crippen LogP contribution in [0.25, 0.3) is 10.9 Å². The summed E-state index contributed by atoms with van der Waals surface area (Å²) in [6, 6.07) is 3.44. The van der Waals surface area contributed by atoms with Crippen LogP contribution in [0.15, 0.2) is 23.0 Å². The highest BCUT2D eigenvalue weighted by Crippen LogP contribution is 2.26. The van der Waals surface area contributed by atoms with Crippen LogP contribution in [0.5, 0.6) is 5.75 Å². The van der Waals surface area contributed by atoms with E-state index in [1.807, 2.05) is 0 Å². The van der Waals surface area contributed by atoms with Gasteiger partial charge in [-0.05, 0) is 18.2 Å². The van der Waals surface area contributed by atoms with Gasteiger partial charge >= 0.3 is 5.97 Å². The van der Waals surface area contributed by atoms with E-state index in [4.69, 9.17) is 0 Å². The van der Waals surface area contributed by atoms with Gasteiger partial charge < -0.3 is 19.7 Å². The summed E-state index contributed by atoms with van der Waals surface area (Å²) in [5.74, 6) is -2.77. The number of amides is 1. The first-order chi connectivity index (χ1) is 10.4. The Morgan fingerprint density at radius 1 is 1.41 bits per heavy atom. The largest absolute Gasteiger partial charge is 0.506 e. The molecule has 0 aliphatic carbocycles.